The van der Waals surface area contributed by atoms with Gasteiger partial charge in [0.1, 0.15) is 11.9 Å². The van der Waals surface area contributed by atoms with Crippen LogP contribution in [0, 0.1) is 18.8 Å². The minimum atomic E-state index is 0.347. The SMILES string of the molecule is CCCNC(C)C(CC1Cc2cc(C)ccc2O1)C(C)C. The maximum absolute atomic E-state index is 6.17. The third kappa shape index (κ3) is 4.23. The van der Waals surface area contributed by atoms with Crippen LogP contribution in [0.1, 0.15) is 51.7 Å². The van der Waals surface area contributed by atoms with Gasteiger partial charge in [0, 0.05) is 12.5 Å². The summed E-state index contributed by atoms with van der Waals surface area (Å²) in [4.78, 5) is 0. The van der Waals surface area contributed by atoms with Crippen LogP contribution < -0.4 is 10.1 Å². The highest BCUT2D eigenvalue weighted by molar-refractivity contribution is 5.40. The molecule has 2 rings (SSSR count). The molecule has 1 heterocycles. The van der Waals surface area contributed by atoms with E-state index in [0.29, 0.717) is 24.0 Å². The second-order valence-corrected chi connectivity index (χ2v) is 6.94. The van der Waals surface area contributed by atoms with Crippen molar-refractivity contribution in [2.45, 2.75) is 66.0 Å². The van der Waals surface area contributed by atoms with Gasteiger partial charge in [-0.2, -0.15) is 0 Å². The summed E-state index contributed by atoms with van der Waals surface area (Å²) in [6.07, 6.45) is 3.75. The Bertz CT molecular complexity index is 455. The Morgan fingerprint density at radius 2 is 2.05 bits per heavy atom. The quantitative estimate of drug-likeness (QED) is 0.806. The average Bonchev–Trinajstić information content (AvgIpc) is 2.83. The summed E-state index contributed by atoms with van der Waals surface area (Å²) in [5.74, 6) is 2.44. The Kier molecular flexibility index (Phi) is 5.69. The smallest absolute Gasteiger partial charge is 0.123 e. The summed E-state index contributed by atoms with van der Waals surface area (Å²) in [5, 5.41) is 3.66. The Balaban J connectivity index is 1.96. The highest BCUT2D eigenvalue weighted by Crippen LogP contribution is 2.34. The lowest BCUT2D eigenvalue weighted by Crippen LogP contribution is -2.39. The molecule has 0 saturated carbocycles. The van der Waals surface area contributed by atoms with Crippen LogP contribution in [0.3, 0.4) is 0 Å². The van der Waals surface area contributed by atoms with E-state index in [0.717, 1.165) is 25.1 Å². The van der Waals surface area contributed by atoms with Crippen LogP contribution in [0.25, 0.3) is 0 Å². The summed E-state index contributed by atoms with van der Waals surface area (Å²) in [6.45, 7) is 12.5. The van der Waals surface area contributed by atoms with Crippen LogP contribution in [0.5, 0.6) is 5.75 Å². The lowest BCUT2D eigenvalue weighted by atomic mass is 9.83. The van der Waals surface area contributed by atoms with Gasteiger partial charge < -0.3 is 10.1 Å². The molecule has 0 aromatic heterocycles. The number of hydrogen-bond donors (Lipinski definition) is 1. The monoisotopic (exact) mass is 289 g/mol. The van der Waals surface area contributed by atoms with Gasteiger partial charge in [0.2, 0.25) is 0 Å². The van der Waals surface area contributed by atoms with Crippen molar-refractivity contribution in [1.29, 1.82) is 0 Å². The molecule has 0 radical (unpaired) electrons. The number of hydrogen-bond acceptors (Lipinski definition) is 2. The van der Waals surface area contributed by atoms with Gasteiger partial charge in [0.25, 0.3) is 0 Å². The lowest BCUT2D eigenvalue weighted by molar-refractivity contribution is 0.154. The molecule has 0 saturated heterocycles. The molecule has 21 heavy (non-hydrogen) atoms. The highest BCUT2D eigenvalue weighted by atomic mass is 16.5. The van der Waals surface area contributed by atoms with Crippen molar-refractivity contribution in [3.05, 3.63) is 29.3 Å². The summed E-state index contributed by atoms with van der Waals surface area (Å²) < 4.78 is 6.17. The molecule has 1 aromatic carbocycles. The topological polar surface area (TPSA) is 21.3 Å². The van der Waals surface area contributed by atoms with Gasteiger partial charge in [-0.05, 0) is 56.7 Å². The van der Waals surface area contributed by atoms with Gasteiger partial charge in [0.15, 0.2) is 0 Å². The van der Waals surface area contributed by atoms with Gasteiger partial charge >= 0.3 is 0 Å². The first-order valence-corrected chi connectivity index (χ1v) is 8.50. The van der Waals surface area contributed by atoms with Crippen molar-refractivity contribution in [2.24, 2.45) is 11.8 Å². The minimum Gasteiger partial charge on any atom is -0.490 e. The number of rotatable bonds is 7. The zero-order valence-electron chi connectivity index (χ0n) is 14.3. The maximum atomic E-state index is 6.17. The lowest BCUT2D eigenvalue weighted by Gasteiger charge is -2.30. The fourth-order valence-corrected chi connectivity index (χ4v) is 3.46. The van der Waals surface area contributed by atoms with E-state index in [1.54, 1.807) is 0 Å². The number of aryl methyl sites for hydroxylation is 1. The fourth-order valence-electron chi connectivity index (χ4n) is 3.46. The molecule has 2 heteroatoms. The molecule has 2 nitrogen and oxygen atoms in total. The predicted molar refractivity (Wildman–Crippen MR) is 90.0 cm³/mol. The molecule has 3 unspecified atom stereocenters. The Labute approximate surface area is 130 Å². The Morgan fingerprint density at radius 3 is 2.71 bits per heavy atom. The van der Waals surface area contributed by atoms with Gasteiger partial charge in [-0.3, -0.25) is 0 Å². The second-order valence-electron chi connectivity index (χ2n) is 6.94. The predicted octanol–water partition coefficient (Wildman–Crippen LogP) is 4.35. The first-order chi connectivity index (χ1) is 10.0. The van der Waals surface area contributed by atoms with E-state index in [4.69, 9.17) is 4.74 Å². The first kappa shape index (κ1) is 16.4. The molecule has 118 valence electrons. The van der Waals surface area contributed by atoms with Crippen molar-refractivity contribution in [1.82, 2.24) is 5.32 Å². The Hall–Kier alpha value is -1.02. The van der Waals surface area contributed by atoms with E-state index < -0.39 is 0 Å². The number of nitrogens with one attached hydrogen (secondary N) is 1. The third-order valence-electron chi connectivity index (χ3n) is 4.71. The number of benzene rings is 1. The zero-order valence-corrected chi connectivity index (χ0v) is 14.3. The van der Waals surface area contributed by atoms with Gasteiger partial charge in [0.05, 0.1) is 0 Å². The Morgan fingerprint density at radius 1 is 1.29 bits per heavy atom. The van der Waals surface area contributed by atoms with E-state index in [-0.39, 0.29) is 0 Å². The molecule has 0 spiro atoms. The number of fused-ring (bicyclic) bond motifs is 1. The molecule has 1 aliphatic heterocycles. The molecule has 0 fully saturated rings. The van der Waals surface area contributed by atoms with E-state index in [2.05, 4.69) is 58.1 Å². The van der Waals surface area contributed by atoms with Crippen LogP contribution in [-0.4, -0.2) is 18.7 Å². The normalized spacial score (nSPS) is 20.2. The summed E-state index contributed by atoms with van der Waals surface area (Å²) in [6, 6.07) is 7.11. The fraction of sp³-hybridized carbons (Fsp3) is 0.684. The van der Waals surface area contributed by atoms with Crippen LogP contribution in [0.2, 0.25) is 0 Å². The molecular weight excluding hydrogens is 258 g/mol. The zero-order chi connectivity index (χ0) is 15.4. The third-order valence-corrected chi connectivity index (χ3v) is 4.71. The summed E-state index contributed by atoms with van der Waals surface area (Å²) in [7, 11) is 0. The van der Waals surface area contributed by atoms with Crippen molar-refractivity contribution in [3.63, 3.8) is 0 Å². The van der Waals surface area contributed by atoms with E-state index >= 15 is 0 Å². The number of ether oxygens (including phenoxy) is 1. The molecule has 0 bridgehead atoms. The molecule has 3 atom stereocenters. The van der Waals surface area contributed by atoms with Gasteiger partial charge in [-0.25, -0.2) is 0 Å². The van der Waals surface area contributed by atoms with Crippen molar-refractivity contribution >= 4 is 0 Å². The molecule has 1 aliphatic rings. The summed E-state index contributed by atoms with van der Waals surface area (Å²) >= 11 is 0. The average molecular weight is 289 g/mol. The largest absolute Gasteiger partial charge is 0.490 e. The van der Waals surface area contributed by atoms with Crippen LogP contribution >= 0.6 is 0 Å². The van der Waals surface area contributed by atoms with E-state index in [9.17, 15) is 0 Å². The van der Waals surface area contributed by atoms with Crippen LogP contribution in [0.15, 0.2) is 18.2 Å². The molecule has 1 aromatic rings. The molecule has 1 N–H and O–H groups in total. The standard InChI is InChI=1S/C19H31NO/c1-6-9-20-15(5)18(13(2)3)12-17-11-16-10-14(4)7-8-19(16)21-17/h7-8,10,13,15,17-18,20H,6,9,11-12H2,1-5H3. The maximum Gasteiger partial charge on any atom is 0.123 e. The van der Waals surface area contributed by atoms with Crippen molar-refractivity contribution in [3.8, 4) is 5.75 Å². The van der Waals surface area contributed by atoms with E-state index in [1.807, 2.05) is 0 Å². The van der Waals surface area contributed by atoms with Crippen molar-refractivity contribution < 1.29 is 4.74 Å². The van der Waals surface area contributed by atoms with Gasteiger partial charge in [-0.1, -0.05) is 38.5 Å². The molecular formula is C19H31NO. The minimum absolute atomic E-state index is 0.347. The van der Waals surface area contributed by atoms with Crippen LogP contribution in [-0.2, 0) is 6.42 Å². The first-order valence-electron chi connectivity index (χ1n) is 8.50. The second kappa shape index (κ2) is 7.31. The van der Waals surface area contributed by atoms with Crippen LogP contribution in [0.4, 0.5) is 0 Å². The highest BCUT2D eigenvalue weighted by Gasteiger charge is 2.29. The van der Waals surface area contributed by atoms with E-state index in [1.165, 1.54) is 17.5 Å². The van der Waals surface area contributed by atoms with Crippen molar-refractivity contribution in [2.75, 3.05) is 6.54 Å². The van der Waals surface area contributed by atoms with Gasteiger partial charge in [-0.15, -0.1) is 0 Å². The summed E-state index contributed by atoms with van der Waals surface area (Å²) in [5.41, 5.74) is 2.72. The molecule has 0 amide bonds. The molecule has 0 aliphatic carbocycles.